The maximum atomic E-state index is 12.6. The highest BCUT2D eigenvalue weighted by molar-refractivity contribution is 5.94. The van der Waals surface area contributed by atoms with Crippen LogP contribution in [0.2, 0.25) is 0 Å². The standard InChI is InChI=1S/C20H29F3N4O2/c1-4-12(2)26-19(3)25-10-16-17(27-19)15(13-5-7-14(28)8-6-13)9-24-18(16)29-11-20(21,22)23/h9-10,12-14,26-28H,4-8,11H2,1-3H3/t12-,13?,14?,19?/m0/s1. The van der Waals surface area contributed by atoms with Crippen LogP contribution in [0.15, 0.2) is 11.2 Å². The average molecular weight is 414 g/mol. The Morgan fingerprint density at radius 3 is 2.66 bits per heavy atom. The molecule has 1 fully saturated rings. The fourth-order valence-electron chi connectivity index (χ4n) is 3.87. The van der Waals surface area contributed by atoms with Crippen LogP contribution in [0.1, 0.15) is 69.9 Å². The summed E-state index contributed by atoms with van der Waals surface area (Å²) in [7, 11) is 0. The molecule has 2 heterocycles. The zero-order valence-electron chi connectivity index (χ0n) is 17.0. The third-order valence-electron chi connectivity index (χ3n) is 5.58. The van der Waals surface area contributed by atoms with Crippen LogP contribution >= 0.6 is 0 Å². The van der Waals surface area contributed by atoms with Gasteiger partial charge in [-0.3, -0.25) is 10.3 Å². The Bertz CT molecular complexity index is 748. The molecule has 1 aromatic heterocycles. The molecule has 1 aliphatic carbocycles. The van der Waals surface area contributed by atoms with Crippen LogP contribution in [0.3, 0.4) is 0 Å². The molecule has 2 atom stereocenters. The van der Waals surface area contributed by atoms with Gasteiger partial charge in [-0.1, -0.05) is 6.92 Å². The molecule has 0 aromatic carbocycles. The first kappa shape index (κ1) is 21.8. The molecule has 6 nitrogen and oxygen atoms in total. The molecule has 1 aliphatic heterocycles. The highest BCUT2D eigenvalue weighted by atomic mass is 19.4. The van der Waals surface area contributed by atoms with E-state index < -0.39 is 18.6 Å². The van der Waals surface area contributed by atoms with Gasteiger partial charge in [0.1, 0.15) is 0 Å². The second-order valence-corrected chi connectivity index (χ2v) is 8.13. The molecule has 0 saturated heterocycles. The van der Waals surface area contributed by atoms with Crippen molar-refractivity contribution in [1.29, 1.82) is 0 Å². The SMILES string of the molecule is CC[C@H](C)NC1(C)N=Cc2c(OCC(F)(F)F)ncc(C3CCC(O)CC3)c2N1. The van der Waals surface area contributed by atoms with Gasteiger partial charge in [0.25, 0.3) is 0 Å². The summed E-state index contributed by atoms with van der Waals surface area (Å²) >= 11 is 0. The average Bonchev–Trinajstić information content (AvgIpc) is 2.65. The fourth-order valence-corrected chi connectivity index (χ4v) is 3.87. The molecule has 0 bridgehead atoms. The summed E-state index contributed by atoms with van der Waals surface area (Å²) in [5.41, 5.74) is 2.06. The van der Waals surface area contributed by atoms with Crippen molar-refractivity contribution >= 4 is 11.9 Å². The van der Waals surface area contributed by atoms with Crippen molar-refractivity contribution in [2.75, 3.05) is 11.9 Å². The number of rotatable bonds is 6. The number of nitrogens with zero attached hydrogens (tertiary/aromatic N) is 2. The van der Waals surface area contributed by atoms with Gasteiger partial charge in [-0.2, -0.15) is 13.2 Å². The number of hydrogen-bond donors (Lipinski definition) is 3. The lowest BCUT2D eigenvalue weighted by molar-refractivity contribution is -0.154. The molecule has 9 heteroatoms. The molecule has 1 aromatic rings. The normalized spacial score (nSPS) is 27.8. The van der Waals surface area contributed by atoms with Gasteiger partial charge < -0.3 is 15.2 Å². The number of aromatic nitrogens is 1. The number of alkyl halides is 3. The highest BCUT2D eigenvalue weighted by Crippen LogP contribution is 2.41. The molecule has 2 aliphatic rings. The second-order valence-electron chi connectivity index (χ2n) is 8.13. The summed E-state index contributed by atoms with van der Waals surface area (Å²) in [6.07, 6.45) is 2.30. The quantitative estimate of drug-likeness (QED) is 0.657. The number of halogens is 3. The zero-order chi connectivity index (χ0) is 21.2. The number of aliphatic hydroxyl groups excluding tert-OH is 1. The van der Waals surface area contributed by atoms with E-state index in [1.807, 2.05) is 13.8 Å². The fraction of sp³-hybridized carbons (Fsp3) is 0.700. The summed E-state index contributed by atoms with van der Waals surface area (Å²) in [5.74, 6) is -0.699. The van der Waals surface area contributed by atoms with Crippen molar-refractivity contribution in [2.24, 2.45) is 4.99 Å². The van der Waals surface area contributed by atoms with Gasteiger partial charge in [0.2, 0.25) is 5.88 Å². The molecule has 0 amide bonds. The van der Waals surface area contributed by atoms with Crippen molar-refractivity contribution in [1.82, 2.24) is 10.3 Å². The molecule has 0 radical (unpaired) electrons. The number of aliphatic hydroxyl groups is 1. The highest BCUT2D eigenvalue weighted by Gasteiger charge is 2.35. The number of pyridine rings is 1. The number of nitrogens with one attached hydrogen (secondary N) is 2. The molecule has 0 spiro atoms. The minimum Gasteiger partial charge on any atom is -0.467 e. The van der Waals surface area contributed by atoms with Gasteiger partial charge in [0.05, 0.1) is 17.4 Å². The molecule has 29 heavy (non-hydrogen) atoms. The molecular weight excluding hydrogens is 385 g/mol. The first-order chi connectivity index (χ1) is 13.6. The summed E-state index contributed by atoms with van der Waals surface area (Å²) in [6.45, 7) is 4.60. The molecule has 3 N–H and O–H groups in total. The van der Waals surface area contributed by atoms with Crippen molar-refractivity contribution in [3.63, 3.8) is 0 Å². The monoisotopic (exact) mass is 414 g/mol. The summed E-state index contributed by atoms with van der Waals surface area (Å²) in [6, 6.07) is 0.197. The van der Waals surface area contributed by atoms with E-state index in [0.29, 0.717) is 24.1 Å². The van der Waals surface area contributed by atoms with E-state index in [1.54, 1.807) is 12.4 Å². The van der Waals surface area contributed by atoms with Crippen LogP contribution in [-0.2, 0) is 0 Å². The number of anilines is 1. The van der Waals surface area contributed by atoms with Crippen LogP contribution in [0.4, 0.5) is 18.9 Å². The molecule has 1 unspecified atom stereocenters. The van der Waals surface area contributed by atoms with Crippen molar-refractivity contribution in [2.45, 2.75) is 82.9 Å². The van der Waals surface area contributed by atoms with E-state index in [0.717, 1.165) is 24.8 Å². The number of ether oxygens (including phenoxy) is 1. The summed E-state index contributed by atoms with van der Waals surface area (Å²) in [4.78, 5) is 8.68. The summed E-state index contributed by atoms with van der Waals surface area (Å²) < 4.78 is 42.9. The van der Waals surface area contributed by atoms with E-state index in [-0.39, 0.29) is 23.9 Å². The van der Waals surface area contributed by atoms with Gasteiger partial charge in [-0.05, 0) is 57.4 Å². The van der Waals surface area contributed by atoms with Gasteiger partial charge in [0.15, 0.2) is 12.4 Å². The topological polar surface area (TPSA) is 78.8 Å². The molecule has 162 valence electrons. The largest absolute Gasteiger partial charge is 0.467 e. The van der Waals surface area contributed by atoms with E-state index in [4.69, 9.17) is 4.74 Å². The van der Waals surface area contributed by atoms with E-state index in [2.05, 4.69) is 27.5 Å². The number of aliphatic imine (C=N–C) groups is 1. The second kappa shape index (κ2) is 8.47. The Kier molecular flexibility index (Phi) is 6.38. The minimum atomic E-state index is -4.45. The van der Waals surface area contributed by atoms with Crippen molar-refractivity contribution in [3.8, 4) is 5.88 Å². The third kappa shape index (κ3) is 5.39. The van der Waals surface area contributed by atoms with E-state index >= 15 is 0 Å². The Morgan fingerprint density at radius 1 is 1.34 bits per heavy atom. The Morgan fingerprint density at radius 2 is 2.03 bits per heavy atom. The van der Waals surface area contributed by atoms with Gasteiger partial charge >= 0.3 is 6.18 Å². The smallest absolute Gasteiger partial charge is 0.422 e. The lowest BCUT2D eigenvalue weighted by Crippen LogP contribution is -2.53. The van der Waals surface area contributed by atoms with Gasteiger partial charge in [-0.15, -0.1) is 0 Å². The van der Waals surface area contributed by atoms with Crippen LogP contribution in [0.25, 0.3) is 0 Å². The summed E-state index contributed by atoms with van der Waals surface area (Å²) in [5, 5.41) is 16.6. The zero-order valence-corrected chi connectivity index (χ0v) is 17.0. The van der Waals surface area contributed by atoms with Gasteiger partial charge in [0, 0.05) is 18.5 Å². The molecule has 1 saturated carbocycles. The lowest BCUT2D eigenvalue weighted by Gasteiger charge is -2.37. The van der Waals surface area contributed by atoms with Crippen LogP contribution in [0, 0.1) is 0 Å². The van der Waals surface area contributed by atoms with Crippen LogP contribution in [0.5, 0.6) is 5.88 Å². The number of fused-ring (bicyclic) bond motifs is 1. The first-order valence-corrected chi connectivity index (χ1v) is 10.1. The van der Waals surface area contributed by atoms with E-state index in [1.165, 1.54) is 0 Å². The maximum Gasteiger partial charge on any atom is 0.422 e. The Labute approximate surface area is 169 Å². The minimum absolute atomic E-state index is 0.0845. The maximum absolute atomic E-state index is 12.6. The Hall–Kier alpha value is -1.87. The first-order valence-electron chi connectivity index (χ1n) is 10.1. The van der Waals surface area contributed by atoms with Crippen LogP contribution in [-0.4, -0.2) is 47.0 Å². The Balaban J connectivity index is 1.94. The van der Waals surface area contributed by atoms with E-state index in [9.17, 15) is 18.3 Å². The van der Waals surface area contributed by atoms with Gasteiger partial charge in [-0.25, -0.2) is 4.98 Å². The van der Waals surface area contributed by atoms with Crippen molar-refractivity contribution < 1.29 is 23.0 Å². The third-order valence-corrected chi connectivity index (χ3v) is 5.58. The predicted octanol–water partition coefficient (Wildman–Crippen LogP) is 3.95. The predicted molar refractivity (Wildman–Crippen MR) is 106 cm³/mol. The molecule has 3 rings (SSSR count). The van der Waals surface area contributed by atoms with Crippen molar-refractivity contribution in [3.05, 3.63) is 17.3 Å². The van der Waals surface area contributed by atoms with Crippen LogP contribution < -0.4 is 15.4 Å². The lowest BCUT2D eigenvalue weighted by atomic mass is 9.82. The number of hydrogen-bond acceptors (Lipinski definition) is 6. The molecular formula is C20H29F3N4O2.